The SMILES string of the molecule is CC(=O)c1c(I)ccc(F)c1Cl. The molecule has 0 bridgehead atoms. The summed E-state index contributed by atoms with van der Waals surface area (Å²) in [5.41, 5.74) is 0.261. The molecular formula is C8H5ClFIO. The van der Waals surface area contributed by atoms with Gasteiger partial charge in [0.05, 0.1) is 10.6 Å². The fourth-order valence-corrected chi connectivity index (χ4v) is 2.14. The lowest BCUT2D eigenvalue weighted by Crippen LogP contribution is -1.98. The van der Waals surface area contributed by atoms with Crippen LogP contribution in [-0.2, 0) is 0 Å². The summed E-state index contributed by atoms with van der Waals surface area (Å²) in [6.07, 6.45) is 0. The molecule has 0 heterocycles. The standard InChI is InChI=1S/C8H5ClFIO/c1-4(12)7-6(11)3-2-5(10)8(7)9/h2-3H,1H3. The number of carbonyl (C=O) groups is 1. The molecule has 1 nitrogen and oxygen atoms in total. The number of rotatable bonds is 1. The van der Waals surface area contributed by atoms with Crippen molar-refractivity contribution in [2.24, 2.45) is 0 Å². The molecule has 0 aromatic heterocycles. The Balaban J connectivity index is 3.43. The fourth-order valence-electron chi connectivity index (χ4n) is 0.850. The lowest BCUT2D eigenvalue weighted by Gasteiger charge is -2.02. The number of benzene rings is 1. The van der Waals surface area contributed by atoms with Crippen LogP contribution in [0.1, 0.15) is 17.3 Å². The van der Waals surface area contributed by atoms with E-state index < -0.39 is 5.82 Å². The van der Waals surface area contributed by atoms with E-state index in [9.17, 15) is 9.18 Å². The maximum atomic E-state index is 12.8. The van der Waals surface area contributed by atoms with Crippen LogP contribution in [0.4, 0.5) is 4.39 Å². The van der Waals surface area contributed by atoms with Crippen LogP contribution < -0.4 is 0 Å². The van der Waals surface area contributed by atoms with E-state index >= 15 is 0 Å². The lowest BCUT2D eigenvalue weighted by molar-refractivity contribution is 0.101. The Labute approximate surface area is 88.1 Å². The molecule has 1 aromatic rings. The Morgan fingerprint density at radius 2 is 2.17 bits per heavy atom. The number of halogens is 3. The first-order valence-electron chi connectivity index (χ1n) is 3.18. The monoisotopic (exact) mass is 298 g/mol. The Kier molecular flexibility index (Phi) is 3.06. The summed E-state index contributed by atoms with van der Waals surface area (Å²) < 4.78 is 13.5. The van der Waals surface area contributed by atoms with Crippen LogP contribution in [0.2, 0.25) is 5.02 Å². The quantitative estimate of drug-likeness (QED) is 0.442. The van der Waals surface area contributed by atoms with Gasteiger partial charge in [-0.2, -0.15) is 0 Å². The highest BCUT2D eigenvalue weighted by Crippen LogP contribution is 2.25. The number of hydrogen-bond acceptors (Lipinski definition) is 1. The van der Waals surface area contributed by atoms with E-state index in [1.165, 1.54) is 19.1 Å². The van der Waals surface area contributed by atoms with Crippen molar-refractivity contribution in [1.82, 2.24) is 0 Å². The Morgan fingerprint density at radius 3 is 2.58 bits per heavy atom. The van der Waals surface area contributed by atoms with Crippen LogP contribution in [0.3, 0.4) is 0 Å². The third-order valence-electron chi connectivity index (χ3n) is 1.40. The van der Waals surface area contributed by atoms with Crippen molar-refractivity contribution >= 4 is 40.0 Å². The summed E-state index contributed by atoms with van der Waals surface area (Å²) in [4.78, 5) is 11.0. The first kappa shape index (κ1) is 9.92. The zero-order valence-corrected chi connectivity index (χ0v) is 9.11. The number of carbonyl (C=O) groups excluding carboxylic acids is 1. The van der Waals surface area contributed by atoms with Gasteiger partial charge in [-0.3, -0.25) is 4.79 Å². The van der Waals surface area contributed by atoms with Crippen LogP contribution in [0, 0.1) is 9.39 Å². The molecule has 0 amide bonds. The molecule has 0 fully saturated rings. The molecule has 0 unspecified atom stereocenters. The molecule has 0 aliphatic heterocycles. The minimum Gasteiger partial charge on any atom is -0.294 e. The van der Waals surface area contributed by atoms with Gasteiger partial charge in [-0.05, 0) is 41.6 Å². The van der Waals surface area contributed by atoms with E-state index in [1.54, 1.807) is 0 Å². The van der Waals surface area contributed by atoms with E-state index in [4.69, 9.17) is 11.6 Å². The van der Waals surface area contributed by atoms with E-state index in [2.05, 4.69) is 0 Å². The molecule has 0 atom stereocenters. The molecule has 1 aromatic carbocycles. The molecule has 0 radical (unpaired) electrons. The molecule has 12 heavy (non-hydrogen) atoms. The van der Waals surface area contributed by atoms with Crippen LogP contribution in [0.5, 0.6) is 0 Å². The van der Waals surface area contributed by atoms with Crippen molar-refractivity contribution in [3.8, 4) is 0 Å². The van der Waals surface area contributed by atoms with Gasteiger partial charge in [0.2, 0.25) is 0 Å². The molecule has 0 saturated heterocycles. The predicted molar refractivity (Wildman–Crippen MR) is 54.1 cm³/mol. The summed E-state index contributed by atoms with van der Waals surface area (Å²) in [6.45, 7) is 1.36. The third-order valence-corrected chi connectivity index (χ3v) is 2.66. The van der Waals surface area contributed by atoms with E-state index in [0.717, 1.165) is 0 Å². The summed E-state index contributed by atoms with van der Waals surface area (Å²) in [6, 6.07) is 2.77. The van der Waals surface area contributed by atoms with Gasteiger partial charge in [0.1, 0.15) is 5.82 Å². The second-order valence-electron chi connectivity index (χ2n) is 2.27. The number of ketones is 1. The smallest absolute Gasteiger partial charge is 0.162 e. The topological polar surface area (TPSA) is 17.1 Å². The van der Waals surface area contributed by atoms with Gasteiger partial charge >= 0.3 is 0 Å². The first-order valence-corrected chi connectivity index (χ1v) is 4.64. The first-order chi connectivity index (χ1) is 5.54. The van der Waals surface area contributed by atoms with E-state index in [1.807, 2.05) is 22.6 Å². The highest BCUT2D eigenvalue weighted by molar-refractivity contribution is 14.1. The average Bonchev–Trinajstić information content (AvgIpc) is 1.97. The minimum atomic E-state index is -0.553. The van der Waals surface area contributed by atoms with Crippen LogP contribution in [-0.4, -0.2) is 5.78 Å². The van der Waals surface area contributed by atoms with Crippen LogP contribution in [0.15, 0.2) is 12.1 Å². The highest BCUT2D eigenvalue weighted by Gasteiger charge is 2.13. The average molecular weight is 298 g/mol. The van der Waals surface area contributed by atoms with Gasteiger partial charge in [0.15, 0.2) is 5.78 Å². The Bertz CT molecular complexity index is 338. The lowest BCUT2D eigenvalue weighted by atomic mass is 10.1. The molecule has 0 N–H and O–H groups in total. The van der Waals surface area contributed by atoms with Gasteiger partial charge in [-0.25, -0.2) is 4.39 Å². The normalized spacial score (nSPS) is 10.0. The van der Waals surface area contributed by atoms with Crippen molar-refractivity contribution < 1.29 is 9.18 Å². The fraction of sp³-hybridized carbons (Fsp3) is 0.125. The van der Waals surface area contributed by atoms with Crippen molar-refractivity contribution in [2.45, 2.75) is 6.92 Å². The van der Waals surface area contributed by atoms with Gasteiger partial charge < -0.3 is 0 Å². The Morgan fingerprint density at radius 1 is 1.58 bits per heavy atom. The van der Waals surface area contributed by atoms with Gasteiger partial charge in [-0.15, -0.1) is 0 Å². The summed E-state index contributed by atoms with van der Waals surface area (Å²) in [5.74, 6) is -0.772. The molecule has 1 rings (SSSR count). The Hall–Kier alpha value is -0.160. The molecule has 0 aliphatic carbocycles. The maximum Gasteiger partial charge on any atom is 0.162 e. The predicted octanol–water partition coefficient (Wildman–Crippen LogP) is 3.29. The largest absolute Gasteiger partial charge is 0.294 e. The summed E-state index contributed by atoms with van der Waals surface area (Å²) in [5, 5.41) is -0.0885. The number of Topliss-reactive ketones (excluding diaryl/α,β-unsaturated/α-hetero) is 1. The summed E-state index contributed by atoms with van der Waals surface area (Å²) in [7, 11) is 0. The van der Waals surface area contributed by atoms with E-state index in [-0.39, 0.29) is 16.4 Å². The molecule has 0 saturated carbocycles. The molecular weight excluding hydrogens is 293 g/mol. The zero-order chi connectivity index (χ0) is 9.30. The van der Waals surface area contributed by atoms with Gasteiger partial charge in [0, 0.05) is 3.57 Å². The maximum absolute atomic E-state index is 12.8. The van der Waals surface area contributed by atoms with E-state index in [0.29, 0.717) is 3.57 Å². The van der Waals surface area contributed by atoms with Crippen LogP contribution in [0.25, 0.3) is 0 Å². The molecule has 64 valence electrons. The minimum absolute atomic E-state index is 0.0885. The second-order valence-corrected chi connectivity index (χ2v) is 3.81. The number of hydrogen-bond donors (Lipinski definition) is 0. The third kappa shape index (κ3) is 1.77. The summed E-state index contributed by atoms with van der Waals surface area (Å²) >= 11 is 7.54. The van der Waals surface area contributed by atoms with Crippen molar-refractivity contribution in [3.05, 3.63) is 32.1 Å². The molecule has 0 aliphatic rings. The van der Waals surface area contributed by atoms with Crippen LogP contribution >= 0.6 is 34.2 Å². The highest BCUT2D eigenvalue weighted by atomic mass is 127. The van der Waals surface area contributed by atoms with Crippen molar-refractivity contribution in [3.63, 3.8) is 0 Å². The second kappa shape index (κ2) is 3.70. The van der Waals surface area contributed by atoms with Crippen molar-refractivity contribution in [2.75, 3.05) is 0 Å². The van der Waals surface area contributed by atoms with Gasteiger partial charge in [0.25, 0.3) is 0 Å². The zero-order valence-electron chi connectivity index (χ0n) is 6.20. The van der Waals surface area contributed by atoms with Gasteiger partial charge in [-0.1, -0.05) is 11.6 Å². The molecule has 4 heteroatoms. The molecule has 0 spiro atoms. The van der Waals surface area contributed by atoms with Crippen molar-refractivity contribution in [1.29, 1.82) is 0 Å².